The van der Waals surface area contributed by atoms with Crippen molar-refractivity contribution in [3.8, 4) is 22.6 Å². The summed E-state index contributed by atoms with van der Waals surface area (Å²) in [5, 5.41) is 0.434. The fraction of sp³-hybridized carbons (Fsp3) is 0.600. The highest BCUT2D eigenvalue weighted by Crippen LogP contribution is 2.67. The van der Waals surface area contributed by atoms with Crippen molar-refractivity contribution in [1.29, 1.82) is 0 Å². The molecule has 274 valence electrons. The number of carbonyl (C=O) groups excluding carboxylic acids is 1. The van der Waals surface area contributed by atoms with Crippen LogP contribution in [0.5, 0.6) is 11.5 Å². The Kier molecular flexibility index (Phi) is 10.2. The van der Waals surface area contributed by atoms with Gasteiger partial charge in [0.2, 0.25) is 5.43 Å². The van der Waals surface area contributed by atoms with Gasteiger partial charge in [-0.05, 0) is 109 Å². The van der Waals surface area contributed by atoms with Gasteiger partial charge in [0, 0.05) is 18.1 Å². The van der Waals surface area contributed by atoms with Crippen LogP contribution in [0.3, 0.4) is 0 Å². The van der Waals surface area contributed by atoms with Gasteiger partial charge in [-0.15, -0.1) is 0 Å². The van der Waals surface area contributed by atoms with Gasteiger partial charge in [-0.1, -0.05) is 83.7 Å². The Bertz CT molecular complexity index is 1820. The quantitative estimate of drug-likeness (QED) is 0.147. The maximum atomic E-state index is 13.3. The Labute approximate surface area is 304 Å². The molecule has 4 aliphatic rings. The van der Waals surface area contributed by atoms with E-state index >= 15 is 0 Å². The van der Waals surface area contributed by atoms with E-state index in [2.05, 4.69) is 40.7 Å². The maximum Gasteiger partial charge on any atom is 0.344 e. The number of allylic oxidation sites excluding steroid dienone is 1. The second kappa shape index (κ2) is 14.5. The maximum absolute atomic E-state index is 13.3. The smallest absolute Gasteiger partial charge is 0.344 e. The third kappa shape index (κ3) is 6.77. The topological polar surface area (TPSA) is 75.0 Å². The standard InChI is InChI=1S/C45H58O6/c1-28(2)10-9-11-29(3)37-18-19-38-34-16-14-30-24-32(20-22-44(30,4)39(34)21-23-45(37,38)5)51-42(46)27-49-31-15-17-35-41(25-31)50-26-36(43(35)47)33-12-7-8-13-40(33)48-6/h7-8,12-15,17,25-26,28-29,32,34,37-39H,9-11,16,18-24,27H2,1-6H3/t29-,32-,34+,37-,38+,39+,44-,45-/m0/s1. The summed E-state index contributed by atoms with van der Waals surface area (Å²) in [6, 6.07) is 12.4. The molecule has 6 heteroatoms. The van der Waals surface area contributed by atoms with Crippen LogP contribution >= 0.6 is 0 Å². The molecular weight excluding hydrogens is 636 g/mol. The molecule has 8 atom stereocenters. The minimum Gasteiger partial charge on any atom is -0.496 e. The van der Waals surface area contributed by atoms with E-state index in [0.29, 0.717) is 39.0 Å². The van der Waals surface area contributed by atoms with Crippen molar-refractivity contribution in [2.75, 3.05) is 13.7 Å². The molecule has 0 unspecified atom stereocenters. The summed E-state index contributed by atoms with van der Waals surface area (Å²) >= 11 is 0. The average Bonchev–Trinajstić information content (AvgIpc) is 3.48. The van der Waals surface area contributed by atoms with Crippen LogP contribution in [0.25, 0.3) is 22.1 Å². The Morgan fingerprint density at radius 1 is 0.961 bits per heavy atom. The number of hydrogen-bond acceptors (Lipinski definition) is 6. The first kappa shape index (κ1) is 35.8. The zero-order valence-corrected chi connectivity index (χ0v) is 31.7. The van der Waals surface area contributed by atoms with Gasteiger partial charge in [0.05, 0.1) is 18.1 Å². The Hall–Kier alpha value is -3.54. The van der Waals surface area contributed by atoms with Crippen LogP contribution in [0.1, 0.15) is 105 Å². The highest BCUT2D eigenvalue weighted by atomic mass is 16.6. The van der Waals surface area contributed by atoms with Gasteiger partial charge < -0.3 is 18.6 Å². The molecule has 0 spiro atoms. The van der Waals surface area contributed by atoms with Crippen molar-refractivity contribution < 1.29 is 23.4 Å². The molecule has 1 aromatic heterocycles. The molecule has 6 nitrogen and oxygen atoms in total. The van der Waals surface area contributed by atoms with E-state index in [1.165, 1.54) is 63.2 Å². The molecule has 0 bridgehead atoms. The lowest BCUT2D eigenvalue weighted by Crippen LogP contribution is -2.51. The van der Waals surface area contributed by atoms with E-state index in [1.54, 1.807) is 25.3 Å². The van der Waals surface area contributed by atoms with Gasteiger partial charge in [-0.25, -0.2) is 4.79 Å². The highest BCUT2D eigenvalue weighted by Gasteiger charge is 2.59. The molecule has 3 aromatic rings. The van der Waals surface area contributed by atoms with Crippen LogP contribution in [0.4, 0.5) is 0 Å². The van der Waals surface area contributed by atoms with Crippen LogP contribution in [-0.4, -0.2) is 25.8 Å². The lowest BCUT2D eigenvalue weighted by molar-refractivity contribution is -0.153. The molecule has 1 heterocycles. The SMILES string of the molecule is COc1ccccc1-c1coc2cc(OCC(=O)O[C@H]3CC[C@@]4(C)C(=CC[C@@H]5[C@H]6CC[C@@H]([C@@H](C)CCCC(C)C)[C@]6(C)CC[C@H]54)C3)ccc2c1=O. The van der Waals surface area contributed by atoms with Crippen LogP contribution in [0.15, 0.2) is 69.6 Å². The number of hydrogen-bond donors (Lipinski definition) is 0. The Morgan fingerprint density at radius 2 is 1.78 bits per heavy atom. The fourth-order valence-corrected chi connectivity index (χ4v) is 11.4. The van der Waals surface area contributed by atoms with Gasteiger partial charge in [0.1, 0.15) is 29.4 Å². The fourth-order valence-electron chi connectivity index (χ4n) is 11.4. The summed E-state index contributed by atoms with van der Waals surface area (Å²) in [5.74, 6) is 5.57. The van der Waals surface area contributed by atoms with E-state index in [-0.39, 0.29) is 29.5 Å². The van der Waals surface area contributed by atoms with E-state index < -0.39 is 0 Å². The monoisotopic (exact) mass is 694 g/mol. The molecule has 0 aliphatic heterocycles. The van der Waals surface area contributed by atoms with Crippen molar-refractivity contribution in [3.05, 3.63) is 70.6 Å². The number of esters is 1. The Balaban J connectivity index is 0.950. The number of para-hydroxylation sites is 1. The molecule has 0 radical (unpaired) electrons. The lowest BCUT2D eigenvalue weighted by atomic mass is 9.47. The van der Waals surface area contributed by atoms with E-state index in [1.807, 2.05) is 24.3 Å². The number of rotatable bonds is 11. The van der Waals surface area contributed by atoms with Crippen molar-refractivity contribution >= 4 is 16.9 Å². The molecular formula is C45H58O6. The van der Waals surface area contributed by atoms with Crippen molar-refractivity contribution in [2.45, 2.75) is 111 Å². The summed E-state index contributed by atoms with van der Waals surface area (Å²) in [5.41, 5.74) is 3.56. The van der Waals surface area contributed by atoms with E-state index in [9.17, 15) is 9.59 Å². The second-order valence-electron chi connectivity index (χ2n) is 17.3. The average molecular weight is 695 g/mol. The molecule has 4 aliphatic carbocycles. The number of carbonyl (C=O) groups is 1. The first-order valence-electron chi connectivity index (χ1n) is 19.7. The third-order valence-electron chi connectivity index (χ3n) is 14.1. The molecule has 2 aromatic carbocycles. The molecule has 0 saturated heterocycles. The van der Waals surface area contributed by atoms with Crippen LogP contribution in [0.2, 0.25) is 0 Å². The zero-order valence-electron chi connectivity index (χ0n) is 31.7. The molecule has 51 heavy (non-hydrogen) atoms. The summed E-state index contributed by atoms with van der Waals surface area (Å²) in [6.45, 7) is 12.3. The highest BCUT2D eigenvalue weighted by molar-refractivity contribution is 5.84. The predicted octanol–water partition coefficient (Wildman–Crippen LogP) is 10.8. The van der Waals surface area contributed by atoms with Crippen LogP contribution in [0, 0.1) is 46.3 Å². The van der Waals surface area contributed by atoms with Gasteiger partial charge in [0.25, 0.3) is 0 Å². The summed E-state index contributed by atoms with van der Waals surface area (Å²) in [6.07, 6.45) is 17.6. The predicted molar refractivity (Wildman–Crippen MR) is 203 cm³/mol. The number of fused-ring (bicyclic) bond motifs is 6. The summed E-state index contributed by atoms with van der Waals surface area (Å²) < 4.78 is 23.2. The van der Waals surface area contributed by atoms with Gasteiger partial charge in [-0.3, -0.25) is 4.79 Å². The molecule has 3 fully saturated rings. The second-order valence-corrected chi connectivity index (χ2v) is 17.3. The third-order valence-corrected chi connectivity index (χ3v) is 14.1. The van der Waals surface area contributed by atoms with Crippen molar-refractivity contribution in [2.24, 2.45) is 46.3 Å². The zero-order chi connectivity index (χ0) is 35.9. The minimum atomic E-state index is -0.362. The van der Waals surface area contributed by atoms with Gasteiger partial charge in [-0.2, -0.15) is 0 Å². The minimum absolute atomic E-state index is 0.114. The van der Waals surface area contributed by atoms with Crippen molar-refractivity contribution in [3.63, 3.8) is 0 Å². The lowest BCUT2D eigenvalue weighted by Gasteiger charge is -2.58. The van der Waals surface area contributed by atoms with Crippen LogP contribution < -0.4 is 14.9 Å². The summed E-state index contributed by atoms with van der Waals surface area (Å²) in [7, 11) is 1.58. The van der Waals surface area contributed by atoms with E-state index in [0.717, 1.165) is 54.8 Å². The first-order chi connectivity index (χ1) is 24.5. The number of benzene rings is 2. The molecule has 3 saturated carbocycles. The van der Waals surface area contributed by atoms with Gasteiger partial charge in [0.15, 0.2) is 6.61 Å². The van der Waals surface area contributed by atoms with E-state index in [4.69, 9.17) is 18.6 Å². The largest absolute Gasteiger partial charge is 0.496 e. The normalized spacial score (nSPS) is 30.6. The summed E-state index contributed by atoms with van der Waals surface area (Å²) in [4.78, 5) is 26.3. The Morgan fingerprint density at radius 3 is 2.59 bits per heavy atom. The first-order valence-corrected chi connectivity index (χ1v) is 19.7. The van der Waals surface area contributed by atoms with Crippen molar-refractivity contribution in [1.82, 2.24) is 0 Å². The number of ether oxygens (including phenoxy) is 3. The molecule has 0 amide bonds. The molecule has 7 rings (SSSR count). The number of methoxy groups -OCH3 is 1. The van der Waals surface area contributed by atoms with Gasteiger partial charge >= 0.3 is 5.97 Å². The van der Waals surface area contributed by atoms with Crippen LogP contribution in [-0.2, 0) is 9.53 Å². The molecule has 0 N–H and O–H groups in total.